The second-order valence-electron chi connectivity index (χ2n) is 4.51. The quantitative estimate of drug-likeness (QED) is 0.822. The molecule has 0 saturated carbocycles. The summed E-state index contributed by atoms with van der Waals surface area (Å²) in [7, 11) is 0. The number of morpholine rings is 1. The second kappa shape index (κ2) is 5.93. The third-order valence-electron chi connectivity index (χ3n) is 3.00. The molecule has 1 saturated heterocycles. The first-order valence-electron chi connectivity index (χ1n) is 6.13. The first-order valence-corrected chi connectivity index (χ1v) is 6.13. The van der Waals surface area contributed by atoms with E-state index in [1.165, 1.54) is 0 Å². The molecule has 2 heterocycles. The molecule has 0 amide bonds. The van der Waals surface area contributed by atoms with Gasteiger partial charge in [0.25, 0.3) is 0 Å². The smallest absolute Gasteiger partial charge is 0.132 e. The second-order valence-corrected chi connectivity index (χ2v) is 4.51. The first-order chi connectivity index (χ1) is 8.29. The van der Waals surface area contributed by atoms with E-state index in [-0.39, 0.29) is 0 Å². The third kappa shape index (κ3) is 3.38. The highest BCUT2D eigenvalue weighted by Crippen LogP contribution is 2.14. The Morgan fingerprint density at radius 1 is 1.41 bits per heavy atom. The highest BCUT2D eigenvalue weighted by molar-refractivity contribution is 5.39. The normalized spacial score (nSPS) is 18.1. The fourth-order valence-electron chi connectivity index (χ4n) is 1.90. The van der Waals surface area contributed by atoms with Crippen LogP contribution in [-0.2, 0) is 11.2 Å². The maximum Gasteiger partial charge on any atom is 0.132 e. The van der Waals surface area contributed by atoms with Crippen LogP contribution in [0.15, 0.2) is 12.4 Å². The first kappa shape index (κ1) is 12.3. The summed E-state index contributed by atoms with van der Waals surface area (Å²) in [5.41, 5.74) is 6.70. The van der Waals surface area contributed by atoms with Crippen molar-refractivity contribution >= 4 is 5.82 Å². The predicted octanol–water partition coefficient (Wildman–Crippen LogP) is 0.450. The molecule has 2 rings (SSSR count). The molecule has 1 unspecified atom stereocenters. The summed E-state index contributed by atoms with van der Waals surface area (Å²) in [6.45, 7) is 6.19. The molecule has 5 heteroatoms. The van der Waals surface area contributed by atoms with Crippen molar-refractivity contribution in [1.82, 2.24) is 9.97 Å². The van der Waals surface area contributed by atoms with Crippen molar-refractivity contribution in [3.63, 3.8) is 0 Å². The largest absolute Gasteiger partial charge is 0.378 e. The van der Waals surface area contributed by atoms with Crippen LogP contribution >= 0.6 is 0 Å². The summed E-state index contributed by atoms with van der Waals surface area (Å²) < 4.78 is 5.33. The number of hydrogen-bond donors (Lipinski definition) is 1. The fraction of sp³-hybridized carbons (Fsp3) is 0.667. The average Bonchev–Trinajstić information content (AvgIpc) is 2.40. The van der Waals surface area contributed by atoms with Crippen LogP contribution in [-0.4, -0.2) is 42.8 Å². The van der Waals surface area contributed by atoms with Crippen molar-refractivity contribution in [3.05, 3.63) is 18.1 Å². The van der Waals surface area contributed by atoms with Crippen LogP contribution in [0.1, 0.15) is 12.6 Å². The number of nitrogens with zero attached hydrogens (tertiary/aromatic N) is 3. The summed E-state index contributed by atoms with van der Waals surface area (Å²) in [4.78, 5) is 10.9. The fourth-order valence-corrected chi connectivity index (χ4v) is 1.90. The van der Waals surface area contributed by atoms with Gasteiger partial charge in [-0.05, 0) is 18.9 Å². The Labute approximate surface area is 102 Å². The molecule has 0 bridgehead atoms. The van der Waals surface area contributed by atoms with Crippen LogP contribution in [0.3, 0.4) is 0 Å². The van der Waals surface area contributed by atoms with Crippen molar-refractivity contribution in [3.8, 4) is 0 Å². The summed E-state index contributed by atoms with van der Waals surface area (Å²) in [6.07, 6.45) is 2.56. The lowest BCUT2D eigenvalue weighted by Gasteiger charge is -2.27. The van der Waals surface area contributed by atoms with E-state index >= 15 is 0 Å². The molecule has 1 aromatic heterocycles. The van der Waals surface area contributed by atoms with E-state index in [0.717, 1.165) is 44.2 Å². The van der Waals surface area contributed by atoms with Gasteiger partial charge in [0.1, 0.15) is 12.1 Å². The van der Waals surface area contributed by atoms with Crippen LogP contribution in [0.4, 0.5) is 5.82 Å². The van der Waals surface area contributed by atoms with Crippen molar-refractivity contribution in [2.45, 2.75) is 13.3 Å². The molecule has 1 aliphatic rings. The maximum atomic E-state index is 5.63. The zero-order chi connectivity index (χ0) is 12.1. The van der Waals surface area contributed by atoms with E-state index in [2.05, 4.69) is 27.9 Å². The van der Waals surface area contributed by atoms with E-state index < -0.39 is 0 Å². The van der Waals surface area contributed by atoms with Gasteiger partial charge in [0, 0.05) is 24.8 Å². The number of rotatable bonds is 4. The Morgan fingerprint density at radius 2 is 2.18 bits per heavy atom. The molecule has 2 N–H and O–H groups in total. The summed E-state index contributed by atoms with van der Waals surface area (Å²) >= 11 is 0. The maximum absolute atomic E-state index is 5.63. The molecule has 0 aromatic carbocycles. The molecule has 17 heavy (non-hydrogen) atoms. The molecule has 0 radical (unpaired) electrons. The topological polar surface area (TPSA) is 64.3 Å². The minimum Gasteiger partial charge on any atom is -0.378 e. The van der Waals surface area contributed by atoms with E-state index in [1.54, 1.807) is 6.33 Å². The van der Waals surface area contributed by atoms with Gasteiger partial charge in [-0.2, -0.15) is 0 Å². The van der Waals surface area contributed by atoms with Crippen LogP contribution in [0.5, 0.6) is 0 Å². The van der Waals surface area contributed by atoms with Gasteiger partial charge in [0.15, 0.2) is 0 Å². The molecule has 94 valence electrons. The Kier molecular flexibility index (Phi) is 4.28. The molecule has 5 nitrogen and oxygen atoms in total. The van der Waals surface area contributed by atoms with Gasteiger partial charge in [-0.3, -0.25) is 0 Å². The Hall–Kier alpha value is -1.20. The zero-order valence-corrected chi connectivity index (χ0v) is 10.3. The van der Waals surface area contributed by atoms with Crippen molar-refractivity contribution < 1.29 is 4.74 Å². The predicted molar refractivity (Wildman–Crippen MR) is 67.0 cm³/mol. The van der Waals surface area contributed by atoms with E-state index in [4.69, 9.17) is 10.5 Å². The molecular weight excluding hydrogens is 216 g/mol. The molecule has 1 aliphatic heterocycles. The van der Waals surface area contributed by atoms with E-state index in [1.807, 2.05) is 0 Å². The standard InChI is InChI=1S/C12H20N4O/c1-10(8-13)6-11-7-12(15-9-14-11)16-2-4-17-5-3-16/h7,9-10H,2-6,8,13H2,1H3. The molecule has 0 spiro atoms. The van der Waals surface area contributed by atoms with Gasteiger partial charge in [0.05, 0.1) is 13.2 Å². The van der Waals surface area contributed by atoms with Crippen molar-refractivity contribution in [2.24, 2.45) is 11.7 Å². The lowest BCUT2D eigenvalue weighted by molar-refractivity contribution is 0.122. The average molecular weight is 236 g/mol. The molecule has 1 aromatic rings. The van der Waals surface area contributed by atoms with Crippen LogP contribution in [0, 0.1) is 5.92 Å². The Balaban J connectivity index is 2.05. The zero-order valence-electron chi connectivity index (χ0n) is 10.3. The summed E-state index contributed by atoms with van der Waals surface area (Å²) in [5.74, 6) is 1.46. The number of hydrogen-bond acceptors (Lipinski definition) is 5. The highest BCUT2D eigenvalue weighted by atomic mass is 16.5. The number of nitrogens with two attached hydrogens (primary N) is 1. The van der Waals surface area contributed by atoms with Gasteiger partial charge in [-0.25, -0.2) is 9.97 Å². The molecule has 0 aliphatic carbocycles. The van der Waals surface area contributed by atoms with E-state index in [0.29, 0.717) is 12.5 Å². The van der Waals surface area contributed by atoms with Gasteiger partial charge >= 0.3 is 0 Å². The SMILES string of the molecule is CC(CN)Cc1cc(N2CCOCC2)ncn1. The van der Waals surface area contributed by atoms with E-state index in [9.17, 15) is 0 Å². The lowest BCUT2D eigenvalue weighted by atomic mass is 10.1. The number of ether oxygens (including phenoxy) is 1. The minimum atomic E-state index is 0.461. The minimum absolute atomic E-state index is 0.461. The van der Waals surface area contributed by atoms with Gasteiger partial charge < -0.3 is 15.4 Å². The van der Waals surface area contributed by atoms with Crippen LogP contribution < -0.4 is 10.6 Å². The van der Waals surface area contributed by atoms with Crippen LogP contribution in [0.25, 0.3) is 0 Å². The number of anilines is 1. The number of aromatic nitrogens is 2. The van der Waals surface area contributed by atoms with Gasteiger partial charge in [0.2, 0.25) is 0 Å². The van der Waals surface area contributed by atoms with Gasteiger partial charge in [-0.15, -0.1) is 0 Å². The molecular formula is C12H20N4O. The Bertz CT molecular complexity index is 352. The Morgan fingerprint density at radius 3 is 2.88 bits per heavy atom. The van der Waals surface area contributed by atoms with Crippen molar-refractivity contribution in [2.75, 3.05) is 37.7 Å². The lowest BCUT2D eigenvalue weighted by Crippen LogP contribution is -2.36. The van der Waals surface area contributed by atoms with Crippen molar-refractivity contribution in [1.29, 1.82) is 0 Å². The van der Waals surface area contributed by atoms with Crippen LogP contribution in [0.2, 0.25) is 0 Å². The molecule has 1 atom stereocenters. The summed E-state index contributed by atoms with van der Waals surface area (Å²) in [5, 5.41) is 0. The van der Waals surface area contributed by atoms with Gasteiger partial charge in [-0.1, -0.05) is 6.92 Å². The third-order valence-corrected chi connectivity index (χ3v) is 3.00. The monoisotopic (exact) mass is 236 g/mol. The summed E-state index contributed by atoms with van der Waals surface area (Å²) in [6, 6.07) is 2.07. The highest BCUT2D eigenvalue weighted by Gasteiger charge is 2.13. The molecule has 1 fully saturated rings.